The molecule has 0 spiro atoms. The zero-order chi connectivity index (χ0) is 9.68. The zero-order valence-corrected chi connectivity index (χ0v) is 9.58. The van der Waals surface area contributed by atoms with E-state index in [1.807, 2.05) is 20.3 Å². The summed E-state index contributed by atoms with van der Waals surface area (Å²) in [5.74, 6) is 0.850. The predicted octanol–water partition coefficient (Wildman–Crippen LogP) is 1.25. The lowest BCUT2D eigenvalue weighted by Gasteiger charge is -2.10. The number of thiol groups is 1. The van der Waals surface area contributed by atoms with Gasteiger partial charge in [-0.25, -0.2) is 4.98 Å². The van der Waals surface area contributed by atoms with Crippen LogP contribution in [0.5, 0.6) is 0 Å². The first-order valence-corrected chi connectivity index (χ1v) is 5.65. The van der Waals surface area contributed by atoms with Crippen molar-refractivity contribution in [2.45, 2.75) is 12.5 Å². The maximum atomic E-state index is 4.26. The molecular formula is C8H15N3S2. The Morgan fingerprint density at radius 3 is 2.85 bits per heavy atom. The highest BCUT2D eigenvalue weighted by molar-refractivity contribution is 7.80. The van der Waals surface area contributed by atoms with Crippen LogP contribution in [0, 0.1) is 0 Å². The summed E-state index contributed by atoms with van der Waals surface area (Å²) >= 11 is 5.96. The molecule has 0 unspecified atom stereocenters. The van der Waals surface area contributed by atoms with Gasteiger partial charge in [0.1, 0.15) is 0 Å². The first kappa shape index (κ1) is 10.8. The van der Waals surface area contributed by atoms with Gasteiger partial charge in [0.15, 0.2) is 5.13 Å². The van der Waals surface area contributed by atoms with Crippen LogP contribution in [-0.4, -0.2) is 30.9 Å². The smallest absolute Gasteiger partial charge is 0.182 e. The molecule has 0 amide bonds. The van der Waals surface area contributed by atoms with Gasteiger partial charge in [-0.2, -0.15) is 12.6 Å². The largest absolute Gasteiger partial charge is 0.365 e. The molecule has 0 radical (unpaired) electrons. The number of nitrogens with one attached hydrogen (secondary N) is 2. The van der Waals surface area contributed by atoms with Gasteiger partial charge in [0.2, 0.25) is 0 Å². The molecule has 2 N–H and O–H groups in total. The van der Waals surface area contributed by atoms with Crippen LogP contribution in [0.1, 0.15) is 4.88 Å². The van der Waals surface area contributed by atoms with Gasteiger partial charge in [-0.3, -0.25) is 0 Å². The van der Waals surface area contributed by atoms with Crippen molar-refractivity contribution in [3.05, 3.63) is 11.1 Å². The number of rotatable bonds is 5. The molecule has 0 aliphatic rings. The summed E-state index contributed by atoms with van der Waals surface area (Å²) < 4.78 is 0. The van der Waals surface area contributed by atoms with Crippen molar-refractivity contribution in [3.8, 4) is 0 Å². The van der Waals surface area contributed by atoms with Crippen molar-refractivity contribution < 1.29 is 0 Å². The zero-order valence-electron chi connectivity index (χ0n) is 7.87. The van der Waals surface area contributed by atoms with E-state index in [2.05, 4.69) is 28.2 Å². The molecular weight excluding hydrogens is 202 g/mol. The Labute approximate surface area is 88.4 Å². The van der Waals surface area contributed by atoms with Crippen LogP contribution in [0.25, 0.3) is 0 Å². The molecule has 1 aromatic heterocycles. The lowest BCUT2D eigenvalue weighted by atomic mass is 10.2. The Morgan fingerprint density at radius 1 is 1.62 bits per heavy atom. The van der Waals surface area contributed by atoms with Crippen LogP contribution in [0.3, 0.4) is 0 Å². The molecule has 0 bridgehead atoms. The molecule has 0 saturated carbocycles. The second kappa shape index (κ2) is 5.47. The Morgan fingerprint density at radius 2 is 2.38 bits per heavy atom. The third-order valence-corrected chi connectivity index (χ3v) is 3.32. The molecule has 5 heteroatoms. The molecule has 3 nitrogen and oxygen atoms in total. The summed E-state index contributed by atoms with van der Waals surface area (Å²) in [4.78, 5) is 5.50. The van der Waals surface area contributed by atoms with E-state index in [1.165, 1.54) is 4.88 Å². The third-order valence-electron chi connectivity index (χ3n) is 1.84. The average Bonchev–Trinajstić information content (AvgIpc) is 2.61. The van der Waals surface area contributed by atoms with E-state index < -0.39 is 0 Å². The SMILES string of the molecule is CNc1ncc(C[C@@H](CS)NC)s1. The average molecular weight is 217 g/mol. The molecule has 74 valence electrons. The molecule has 1 aromatic rings. The first-order valence-electron chi connectivity index (χ1n) is 4.20. The van der Waals surface area contributed by atoms with Crippen molar-refractivity contribution in [3.63, 3.8) is 0 Å². The summed E-state index contributed by atoms with van der Waals surface area (Å²) in [6, 6.07) is 0.438. The van der Waals surface area contributed by atoms with Gasteiger partial charge in [0, 0.05) is 29.9 Å². The Balaban J connectivity index is 2.52. The molecule has 1 heterocycles. The van der Waals surface area contributed by atoms with Gasteiger partial charge in [-0.1, -0.05) is 0 Å². The first-order chi connectivity index (χ1) is 6.30. The number of thiazole rings is 1. The van der Waals surface area contributed by atoms with E-state index in [0.717, 1.165) is 17.3 Å². The van der Waals surface area contributed by atoms with Gasteiger partial charge in [-0.05, 0) is 13.5 Å². The normalized spacial score (nSPS) is 12.8. The van der Waals surface area contributed by atoms with E-state index in [1.54, 1.807) is 11.3 Å². The highest BCUT2D eigenvalue weighted by Gasteiger charge is 2.07. The standard InChI is InChI=1S/C8H15N3S2/c1-9-6(5-12)3-7-4-11-8(10-2)13-7/h4,6,9,12H,3,5H2,1-2H3,(H,10,11)/t6-/m0/s1. The number of aromatic nitrogens is 1. The molecule has 13 heavy (non-hydrogen) atoms. The highest BCUT2D eigenvalue weighted by Crippen LogP contribution is 2.18. The lowest BCUT2D eigenvalue weighted by molar-refractivity contribution is 0.622. The fraction of sp³-hybridized carbons (Fsp3) is 0.625. The second-order valence-corrected chi connectivity index (χ2v) is 4.23. The molecule has 0 fully saturated rings. The number of likely N-dealkylation sites (N-methyl/N-ethyl adjacent to an activating group) is 1. The summed E-state index contributed by atoms with van der Waals surface area (Å²) in [7, 11) is 3.84. The van der Waals surface area contributed by atoms with Crippen molar-refractivity contribution in [2.24, 2.45) is 0 Å². The number of hydrogen-bond acceptors (Lipinski definition) is 5. The van der Waals surface area contributed by atoms with Crippen molar-refractivity contribution in [2.75, 3.05) is 25.2 Å². The van der Waals surface area contributed by atoms with Gasteiger partial charge < -0.3 is 10.6 Å². The molecule has 0 aliphatic heterocycles. The maximum absolute atomic E-state index is 4.26. The van der Waals surface area contributed by atoms with E-state index in [0.29, 0.717) is 6.04 Å². The Kier molecular flexibility index (Phi) is 4.55. The van der Waals surface area contributed by atoms with Crippen molar-refractivity contribution in [1.29, 1.82) is 0 Å². The molecule has 1 atom stereocenters. The van der Waals surface area contributed by atoms with Crippen LogP contribution in [-0.2, 0) is 6.42 Å². The third kappa shape index (κ3) is 3.17. The number of hydrogen-bond donors (Lipinski definition) is 3. The number of anilines is 1. The maximum Gasteiger partial charge on any atom is 0.182 e. The van der Waals surface area contributed by atoms with E-state index in [4.69, 9.17) is 0 Å². The quantitative estimate of drug-likeness (QED) is 0.650. The molecule has 1 rings (SSSR count). The minimum atomic E-state index is 0.438. The van der Waals surface area contributed by atoms with Crippen LogP contribution in [0.4, 0.5) is 5.13 Å². The van der Waals surface area contributed by atoms with Crippen molar-refractivity contribution in [1.82, 2.24) is 10.3 Å². The van der Waals surface area contributed by atoms with Gasteiger partial charge >= 0.3 is 0 Å². The van der Waals surface area contributed by atoms with E-state index >= 15 is 0 Å². The van der Waals surface area contributed by atoms with E-state index in [-0.39, 0.29) is 0 Å². The highest BCUT2D eigenvalue weighted by atomic mass is 32.1. The predicted molar refractivity (Wildman–Crippen MR) is 62.1 cm³/mol. The van der Waals surface area contributed by atoms with Crippen LogP contribution in [0.2, 0.25) is 0 Å². The minimum Gasteiger partial charge on any atom is -0.365 e. The fourth-order valence-electron chi connectivity index (χ4n) is 1.02. The van der Waals surface area contributed by atoms with E-state index in [9.17, 15) is 0 Å². The Bertz CT molecular complexity index is 245. The van der Waals surface area contributed by atoms with Gasteiger partial charge in [0.25, 0.3) is 0 Å². The number of nitrogens with zero attached hydrogens (tertiary/aromatic N) is 1. The monoisotopic (exact) mass is 217 g/mol. The summed E-state index contributed by atoms with van der Waals surface area (Å²) in [6.07, 6.45) is 2.92. The van der Waals surface area contributed by atoms with Gasteiger partial charge in [0.05, 0.1) is 0 Å². The summed E-state index contributed by atoms with van der Waals surface area (Å²) in [5, 5.41) is 7.21. The van der Waals surface area contributed by atoms with Crippen LogP contribution in [0.15, 0.2) is 6.20 Å². The topological polar surface area (TPSA) is 37.0 Å². The summed E-state index contributed by atoms with van der Waals surface area (Å²) in [5.41, 5.74) is 0. The Hall–Kier alpha value is -0.260. The van der Waals surface area contributed by atoms with Crippen LogP contribution >= 0.6 is 24.0 Å². The fourth-order valence-corrected chi connectivity index (χ4v) is 2.18. The molecule has 0 saturated heterocycles. The molecule has 0 aromatic carbocycles. The second-order valence-electron chi connectivity index (χ2n) is 2.75. The van der Waals surface area contributed by atoms with Crippen LogP contribution < -0.4 is 10.6 Å². The molecule has 0 aliphatic carbocycles. The van der Waals surface area contributed by atoms with Crippen molar-refractivity contribution >= 4 is 29.1 Å². The minimum absolute atomic E-state index is 0.438. The lowest BCUT2D eigenvalue weighted by Crippen LogP contribution is -2.28. The summed E-state index contributed by atoms with van der Waals surface area (Å²) in [6.45, 7) is 0. The van der Waals surface area contributed by atoms with Gasteiger partial charge in [-0.15, -0.1) is 11.3 Å².